The van der Waals surface area contributed by atoms with E-state index in [4.69, 9.17) is 4.74 Å². The SMILES string of the molecule is COC(=O)c1ccc(OCC(=O)N[C@@H](C)C23CC4CC(CC(C4)C2)C3)c([N+](=O)[O-])c1. The molecule has 30 heavy (non-hydrogen) atoms. The molecule has 0 aromatic heterocycles. The maximum atomic E-state index is 12.5. The van der Waals surface area contributed by atoms with Crippen LogP contribution in [0.1, 0.15) is 55.8 Å². The van der Waals surface area contributed by atoms with E-state index in [1.807, 2.05) is 0 Å². The van der Waals surface area contributed by atoms with Gasteiger partial charge in [-0.1, -0.05) is 0 Å². The highest BCUT2D eigenvalue weighted by Crippen LogP contribution is 2.61. The molecule has 0 saturated heterocycles. The van der Waals surface area contributed by atoms with Crippen LogP contribution in [0, 0.1) is 33.3 Å². The molecule has 1 aromatic carbocycles. The Morgan fingerprint density at radius 1 is 1.20 bits per heavy atom. The minimum atomic E-state index is -0.674. The van der Waals surface area contributed by atoms with Crippen molar-refractivity contribution in [1.82, 2.24) is 5.32 Å². The van der Waals surface area contributed by atoms with E-state index in [1.165, 1.54) is 57.8 Å². The van der Waals surface area contributed by atoms with E-state index in [2.05, 4.69) is 17.0 Å². The summed E-state index contributed by atoms with van der Waals surface area (Å²) in [5.74, 6) is 1.37. The number of nitrogens with zero attached hydrogens (tertiary/aromatic N) is 1. The first-order valence-electron chi connectivity index (χ1n) is 10.6. The Labute approximate surface area is 175 Å². The second-order valence-electron chi connectivity index (χ2n) is 9.29. The van der Waals surface area contributed by atoms with E-state index in [9.17, 15) is 19.7 Å². The van der Waals surface area contributed by atoms with Crippen LogP contribution in [0.5, 0.6) is 5.75 Å². The number of rotatable bonds is 7. The van der Waals surface area contributed by atoms with Crippen LogP contribution in [0.25, 0.3) is 0 Å². The van der Waals surface area contributed by atoms with Gasteiger partial charge in [-0.3, -0.25) is 14.9 Å². The van der Waals surface area contributed by atoms with E-state index >= 15 is 0 Å². The number of hydrogen-bond acceptors (Lipinski definition) is 6. The van der Waals surface area contributed by atoms with Crippen molar-refractivity contribution >= 4 is 17.6 Å². The number of amides is 1. The number of carbonyl (C=O) groups is 2. The topological polar surface area (TPSA) is 108 Å². The third kappa shape index (κ3) is 3.87. The van der Waals surface area contributed by atoms with E-state index < -0.39 is 10.9 Å². The molecule has 1 N–H and O–H groups in total. The van der Waals surface area contributed by atoms with Crippen molar-refractivity contribution in [3.8, 4) is 5.75 Å². The fraction of sp³-hybridized carbons (Fsp3) is 0.636. The van der Waals surface area contributed by atoms with Gasteiger partial charge in [0.2, 0.25) is 0 Å². The lowest BCUT2D eigenvalue weighted by atomic mass is 9.48. The van der Waals surface area contributed by atoms with Crippen molar-refractivity contribution in [3.63, 3.8) is 0 Å². The molecule has 5 rings (SSSR count). The lowest BCUT2D eigenvalue weighted by molar-refractivity contribution is -0.385. The summed E-state index contributed by atoms with van der Waals surface area (Å²) in [5, 5.41) is 14.4. The first kappa shape index (κ1) is 20.6. The molecule has 0 unspecified atom stereocenters. The van der Waals surface area contributed by atoms with Crippen molar-refractivity contribution in [2.75, 3.05) is 13.7 Å². The lowest BCUT2D eigenvalue weighted by Crippen LogP contribution is -2.56. The van der Waals surface area contributed by atoms with Crippen LogP contribution in [0.3, 0.4) is 0 Å². The highest BCUT2D eigenvalue weighted by molar-refractivity contribution is 5.90. The smallest absolute Gasteiger partial charge is 0.338 e. The van der Waals surface area contributed by atoms with Crippen molar-refractivity contribution in [2.45, 2.75) is 51.5 Å². The van der Waals surface area contributed by atoms with E-state index in [1.54, 1.807) is 0 Å². The molecule has 8 heteroatoms. The van der Waals surface area contributed by atoms with Crippen LogP contribution in [0.15, 0.2) is 18.2 Å². The van der Waals surface area contributed by atoms with Crippen molar-refractivity contribution in [3.05, 3.63) is 33.9 Å². The highest BCUT2D eigenvalue weighted by atomic mass is 16.6. The normalized spacial score (nSPS) is 29.9. The van der Waals surface area contributed by atoms with Gasteiger partial charge in [0, 0.05) is 12.1 Å². The molecule has 4 aliphatic carbocycles. The van der Waals surface area contributed by atoms with Gasteiger partial charge in [-0.15, -0.1) is 0 Å². The number of ether oxygens (including phenoxy) is 2. The number of benzene rings is 1. The van der Waals surface area contributed by atoms with Crippen LogP contribution < -0.4 is 10.1 Å². The molecule has 4 fully saturated rings. The zero-order valence-corrected chi connectivity index (χ0v) is 17.4. The molecule has 4 aliphatic rings. The molecule has 0 radical (unpaired) electrons. The van der Waals surface area contributed by atoms with E-state index in [0.717, 1.165) is 23.8 Å². The summed E-state index contributed by atoms with van der Waals surface area (Å²) in [6, 6.07) is 3.85. The number of methoxy groups -OCH3 is 1. The van der Waals surface area contributed by atoms with Gasteiger partial charge in [-0.05, 0) is 80.8 Å². The van der Waals surface area contributed by atoms with Gasteiger partial charge in [-0.25, -0.2) is 4.79 Å². The van der Waals surface area contributed by atoms with Crippen LogP contribution in [-0.4, -0.2) is 36.6 Å². The fourth-order valence-electron chi connectivity index (χ4n) is 6.31. The third-order valence-corrected chi connectivity index (χ3v) is 7.32. The number of nitro benzene ring substituents is 1. The van der Waals surface area contributed by atoms with Crippen molar-refractivity contribution < 1.29 is 24.0 Å². The van der Waals surface area contributed by atoms with Gasteiger partial charge in [-0.2, -0.15) is 0 Å². The van der Waals surface area contributed by atoms with E-state index in [-0.39, 0.29) is 41.0 Å². The number of nitro groups is 1. The monoisotopic (exact) mass is 416 g/mol. The van der Waals surface area contributed by atoms with Crippen LogP contribution >= 0.6 is 0 Å². The molecular weight excluding hydrogens is 388 g/mol. The second kappa shape index (κ2) is 7.89. The Kier molecular flexibility index (Phi) is 5.42. The summed E-state index contributed by atoms with van der Waals surface area (Å²) in [7, 11) is 1.20. The molecule has 4 bridgehead atoms. The molecule has 1 atom stereocenters. The van der Waals surface area contributed by atoms with E-state index in [0.29, 0.717) is 0 Å². The second-order valence-corrected chi connectivity index (χ2v) is 9.29. The Morgan fingerprint density at radius 3 is 2.33 bits per heavy atom. The van der Waals surface area contributed by atoms with Crippen LogP contribution in [-0.2, 0) is 9.53 Å². The minimum Gasteiger partial charge on any atom is -0.477 e. The minimum absolute atomic E-state index is 0.0507. The maximum absolute atomic E-state index is 12.5. The molecule has 162 valence electrons. The third-order valence-electron chi connectivity index (χ3n) is 7.32. The Hall–Kier alpha value is -2.64. The number of hydrogen-bond donors (Lipinski definition) is 1. The summed E-state index contributed by atoms with van der Waals surface area (Å²) >= 11 is 0. The molecule has 0 spiro atoms. The summed E-state index contributed by atoms with van der Waals surface area (Å²) in [5.41, 5.74) is -0.144. The highest BCUT2D eigenvalue weighted by Gasteiger charge is 2.53. The van der Waals surface area contributed by atoms with Gasteiger partial charge < -0.3 is 14.8 Å². The van der Waals surface area contributed by atoms with Crippen LogP contribution in [0.2, 0.25) is 0 Å². The van der Waals surface area contributed by atoms with Gasteiger partial charge in [0.1, 0.15) is 0 Å². The number of carbonyl (C=O) groups excluding carboxylic acids is 2. The summed E-state index contributed by atoms with van der Waals surface area (Å²) in [6.07, 6.45) is 7.57. The predicted molar refractivity (Wildman–Crippen MR) is 108 cm³/mol. The van der Waals surface area contributed by atoms with Gasteiger partial charge in [0.25, 0.3) is 5.91 Å². The zero-order valence-electron chi connectivity index (χ0n) is 17.4. The van der Waals surface area contributed by atoms with Gasteiger partial charge >= 0.3 is 11.7 Å². The Bertz CT molecular complexity index is 832. The largest absolute Gasteiger partial charge is 0.477 e. The maximum Gasteiger partial charge on any atom is 0.338 e. The fourth-order valence-corrected chi connectivity index (χ4v) is 6.31. The number of nitrogens with one attached hydrogen (secondary N) is 1. The van der Waals surface area contributed by atoms with Crippen LogP contribution in [0.4, 0.5) is 5.69 Å². The summed E-state index contributed by atoms with van der Waals surface area (Å²) in [4.78, 5) is 34.8. The molecule has 1 aromatic rings. The zero-order chi connectivity index (χ0) is 21.5. The average molecular weight is 416 g/mol. The van der Waals surface area contributed by atoms with Crippen molar-refractivity contribution in [1.29, 1.82) is 0 Å². The van der Waals surface area contributed by atoms with Crippen molar-refractivity contribution in [2.24, 2.45) is 23.2 Å². The average Bonchev–Trinajstić information content (AvgIpc) is 2.70. The molecule has 1 amide bonds. The first-order chi connectivity index (χ1) is 14.3. The number of esters is 1. The summed E-state index contributed by atoms with van der Waals surface area (Å²) in [6.45, 7) is 1.77. The summed E-state index contributed by atoms with van der Waals surface area (Å²) < 4.78 is 10.0. The molecule has 0 aliphatic heterocycles. The Morgan fingerprint density at radius 2 is 1.80 bits per heavy atom. The molecular formula is C22H28N2O6. The molecule has 4 saturated carbocycles. The predicted octanol–water partition coefficient (Wildman–Crippen LogP) is 3.48. The quantitative estimate of drug-likeness (QED) is 0.414. The lowest BCUT2D eigenvalue weighted by Gasteiger charge is -2.59. The Balaban J connectivity index is 1.38. The van der Waals surface area contributed by atoms with Gasteiger partial charge in [0.05, 0.1) is 17.6 Å². The van der Waals surface area contributed by atoms with Gasteiger partial charge in [0.15, 0.2) is 12.4 Å². The molecule has 8 nitrogen and oxygen atoms in total. The standard InChI is InChI=1S/C22H28N2O6/c1-13(22-9-14-5-15(10-22)7-16(6-14)11-22)23-20(25)12-30-19-4-3-17(21(26)29-2)8-18(19)24(27)28/h3-4,8,13-16H,5-7,9-12H2,1-2H3,(H,23,25)/t13-,14?,15?,16?,22?/m0/s1. The molecule has 0 heterocycles. The first-order valence-corrected chi connectivity index (χ1v) is 10.6.